The van der Waals surface area contributed by atoms with Crippen molar-refractivity contribution in [1.82, 2.24) is 10.3 Å². The molecule has 0 radical (unpaired) electrons. The second-order valence-corrected chi connectivity index (χ2v) is 12.5. The van der Waals surface area contributed by atoms with Crippen molar-refractivity contribution in [3.8, 4) is 0 Å². The van der Waals surface area contributed by atoms with Gasteiger partial charge >= 0.3 is 5.97 Å². The van der Waals surface area contributed by atoms with Gasteiger partial charge in [-0.1, -0.05) is 23.7 Å². The van der Waals surface area contributed by atoms with Crippen LogP contribution in [0.3, 0.4) is 0 Å². The second-order valence-electron chi connectivity index (χ2n) is 12.1. The zero-order valence-electron chi connectivity index (χ0n) is 23.0. The number of aromatic nitrogens is 1. The Morgan fingerprint density at radius 2 is 1.67 bits per heavy atom. The minimum absolute atomic E-state index is 0.0417. The highest BCUT2D eigenvalue weighted by Crippen LogP contribution is 2.48. The average molecular weight is 555 g/mol. The molecule has 0 aliphatic heterocycles. The Kier molecular flexibility index (Phi) is 8.66. The van der Waals surface area contributed by atoms with Crippen LogP contribution >= 0.6 is 11.6 Å². The minimum atomic E-state index is -1.30. The molecule has 2 aliphatic carbocycles. The maximum atomic E-state index is 13.4. The first-order valence-electron chi connectivity index (χ1n) is 13.7. The van der Waals surface area contributed by atoms with Crippen LogP contribution in [0.4, 0.5) is 5.69 Å². The molecule has 1 aromatic heterocycles. The number of nitrogens with zero attached hydrogens (tertiary/aromatic N) is 1. The maximum Gasteiger partial charge on any atom is 0.322 e. The number of anilines is 1. The molecule has 2 saturated carbocycles. The van der Waals surface area contributed by atoms with E-state index in [-0.39, 0.29) is 23.1 Å². The van der Waals surface area contributed by atoms with Crippen molar-refractivity contribution in [3.63, 3.8) is 0 Å². The van der Waals surface area contributed by atoms with E-state index in [1.165, 1.54) is 5.56 Å². The molecular weight excluding hydrogens is 516 g/mol. The third-order valence-electron chi connectivity index (χ3n) is 7.96. The number of rotatable bonds is 9. The Labute approximate surface area is 235 Å². The summed E-state index contributed by atoms with van der Waals surface area (Å²) in [5, 5.41) is 6.62. The van der Waals surface area contributed by atoms with E-state index in [2.05, 4.69) is 15.6 Å². The standard InChI is InChI=1S/C30H39ClN4O4/c1-28(2,3)39-27(38)30(26(37)35-23-10-16-33-17-11-23)12-8-20(9-13-30)18-24(32)25(36)34-19-29(14-15-29)21-4-6-22(31)7-5-21/h4-7,10-11,16-17,20,24H,8-9,12-15,18-19,32H2,1-3H3,(H,34,36)(H,33,35,37). The number of hydrogen-bond donors (Lipinski definition) is 3. The van der Waals surface area contributed by atoms with Crippen LogP contribution in [0, 0.1) is 11.3 Å². The summed E-state index contributed by atoms with van der Waals surface area (Å²) >= 11 is 6.02. The lowest BCUT2D eigenvalue weighted by atomic mass is 9.68. The van der Waals surface area contributed by atoms with Crippen LogP contribution in [0.5, 0.6) is 0 Å². The first-order chi connectivity index (χ1) is 18.4. The molecule has 2 fully saturated rings. The normalized spacial score (nSPS) is 22.8. The number of hydrogen-bond acceptors (Lipinski definition) is 6. The molecular formula is C30H39ClN4O4. The molecule has 4 rings (SSSR count). The largest absolute Gasteiger partial charge is 0.459 e. The molecule has 0 bridgehead atoms. The van der Waals surface area contributed by atoms with Gasteiger partial charge in [-0.3, -0.25) is 19.4 Å². The van der Waals surface area contributed by atoms with Crippen LogP contribution in [0.2, 0.25) is 5.02 Å². The number of nitrogens with two attached hydrogens (primary N) is 1. The van der Waals surface area contributed by atoms with Gasteiger partial charge in [-0.25, -0.2) is 0 Å². The first-order valence-corrected chi connectivity index (χ1v) is 14.0. The highest BCUT2D eigenvalue weighted by atomic mass is 35.5. The van der Waals surface area contributed by atoms with Gasteiger partial charge in [0.2, 0.25) is 11.8 Å². The Morgan fingerprint density at radius 3 is 2.23 bits per heavy atom. The highest BCUT2D eigenvalue weighted by molar-refractivity contribution is 6.30. The fraction of sp³-hybridized carbons (Fsp3) is 0.533. The van der Waals surface area contributed by atoms with Gasteiger partial charge in [0, 0.05) is 35.1 Å². The van der Waals surface area contributed by atoms with E-state index in [1.807, 2.05) is 24.3 Å². The summed E-state index contributed by atoms with van der Waals surface area (Å²) in [7, 11) is 0. The third-order valence-corrected chi connectivity index (χ3v) is 8.21. The summed E-state index contributed by atoms with van der Waals surface area (Å²) in [6, 6.07) is 10.5. The Morgan fingerprint density at radius 1 is 1.05 bits per heavy atom. The third kappa shape index (κ3) is 7.17. The molecule has 1 unspecified atom stereocenters. The molecule has 2 aromatic rings. The number of nitrogens with one attached hydrogen (secondary N) is 2. The fourth-order valence-electron chi connectivity index (χ4n) is 5.37. The van der Waals surface area contributed by atoms with Crippen LogP contribution in [-0.2, 0) is 24.5 Å². The number of esters is 1. The van der Waals surface area contributed by atoms with Crippen LogP contribution < -0.4 is 16.4 Å². The van der Waals surface area contributed by atoms with Gasteiger partial charge in [-0.05, 0) is 101 Å². The SMILES string of the molecule is CC(C)(C)OC(=O)C1(C(=O)Nc2ccncc2)CCC(CC(N)C(=O)NCC2(c3ccc(Cl)cc3)CC2)CC1. The predicted octanol–water partition coefficient (Wildman–Crippen LogP) is 4.76. The van der Waals surface area contributed by atoms with Gasteiger partial charge in [0.1, 0.15) is 11.0 Å². The van der Waals surface area contributed by atoms with Crippen molar-refractivity contribution in [1.29, 1.82) is 0 Å². The molecule has 1 atom stereocenters. The molecule has 2 aliphatic rings. The molecule has 1 aromatic carbocycles. The predicted molar refractivity (Wildman–Crippen MR) is 151 cm³/mol. The van der Waals surface area contributed by atoms with Crippen LogP contribution in [0.15, 0.2) is 48.8 Å². The van der Waals surface area contributed by atoms with E-state index >= 15 is 0 Å². The van der Waals surface area contributed by atoms with Crippen molar-refractivity contribution < 1.29 is 19.1 Å². The monoisotopic (exact) mass is 554 g/mol. The van der Waals surface area contributed by atoms with E-state index in [0.717, 1.165) is 12.8 Å². The smallest absolute Gasteiger partial charge is 0.322 e. The summed E-state index contributed by atoms with van der Waals surface area (Å²) in [5.74, 6) is -0.935. The molecule has 8 nitrogen and oxygen atoms in total. The zero-order valence-corrected chi connectivity index (χ0v) is 23.7. The number of amides is 2. The Hall–Kier alpha value is -2.97. The Bertz CT molecular complexity index is 1170. The molecule has 39 heavy (non-hydrogen) atoms. The van der Waals surface area contributed by atoms with Gasteiger partial charge in [0.15, 0.2) is 0 Å². The van der Waals surface area contributed by atoms with Crippen molar-refractivity contribution in [3.05, 3.63) is 59.4 Å². The lowest BCUT2D eigenvalue weighted by molar-refractivity contribution is -0.172. The van der Waals surface area contributed by atoms with Crippen LogP contribution in [0.1, 0.15) is 71.3 Å². The zero-order chi connectivity index (χ0) is 28.3. The number of halogens is 1. The van der Waals surface area contributed by atoms with Crippen LogP contribution in [-0.4, -0.2) is 41.0 Å². The summed E-state index contributed by atoms with van der Waals surface area (Å²) in [6.45, 7) is 5.92. The minimum Gasteiger partial charge on any atom is -0.459 e. The lowest BCUT2D eigenvalue weighted by Crippen LogP contribution is -2.49. The summed E-state index contributed by atoms with van der Waals surface area (Å²) in [4.78, 5) is 43.6. The number of pyridine rings is 1. The maximum absolute atomic E-state index is 13.4. The highest BCUT2D eigenvalue weighted by Gasteiger charge is 2.51. The van der Waals surface area contributed by atoms with Crippen molar-refractivity contribution >= 4 is 35.1 Å². The van der Waals surface area contributed by atoms with E-state index in [0.29, 0.717) is 49.4 Å². The number of carbonyl (C=O) groups excluding carboxylic acids is 3. The van der Waals surface area contributed by atoms with Crippen molar-refractivity contribution in [2.24, 2.45) is 17.1 Å². The van der Waals surface area contributed by atoms with Gasteiger partial charge in [-0.2, -0.15) is 0 Å². The summed E-state index contributed by atoms with van der Waals surface area (Å²) in [5.41, 5.74) is 6.02. The van der Waals surface area contributed by atoms with E-state index < -0.39 is 23.0 Å². The van der Waals surface area contributed by atoms with Gasteiger partial charge in [-0.15, -0.1) is 0 Å². The molecule has 1 heterocycles. The van der Waals surface area contributed by atoms with Gasteiger partial charge in [0.25, 0.3) is 0 Å². The molecule has 4 N–H and O–H groups in total. The van der Waals surface area contributed by atoms with E-state index in [4.69, 9.17) is 22.1 Å². The molecule has 210 valence electrons. The fourth-order valence-corrected chi connectivity index (χ4v) is 5.49. The quantitative estimate of drug-likeness (QED) is 0.303. The van der Waals surface area contributed by atoms with Gasteiger partial charge < -0.3 is 21.1 Å². The van der Waals surface area contributed by atoms with Crippen molar-refractivity contribution in [2.45, 2.75) is 82.8 Å². The van der Waals surface area contributed by atoms with Crippen molar-refractivity contribution in [2.75, 3.05) is 11.9 Å². The summed E-state index contributed by atoms with van der Waals surface area (Å²) < 4.78 is 5.70. The topological polar surface area (TPSA) is 123 Å². The molecule has 0 saturated heterocycles. The number of benzene rings is 1. The Balaban J connectivity index is 1.34. The number of ether oxygens (including phenoxy) is 1. The summed E-state index contributed by atoms with van der Waals surface area (Å²) in [6.07, 6.45) is 7.55. The number of carbonyl (C=O) groups is 3. The second kappa shape index (κ2) is 11.6. The average Bonchev–Trinajstić information content (AvgIpc) is 3.68. The first kappa shape index (κ1) is 29.0. The van der Waals surface area contributed by atoms with E-state index in [1.54, 1.807) is 45.3 Å². The van der Waals surface area contributed by atoms with E-state index in [9.17, 15) is 14.4 Å². The lowest BCUT2D eigenvalue weighted by Gasteiger charge is -2.39. The molecule has 9 heteroatoms. The molecule has 0 spiro atoms. The van der Waals surface area contributed by atoms with Crippen LogP contribution in [0.25, 0.3) is 0 Å². The molecule has 2 amide bonds. The van der Waals surface area contributed by atoms with Gasteiger partial charge in [0.05, 0.1) is 6.04 Å².